The maximum Gasteiger partial charge on any atom is 0.184 e. The topological polar surface area (TPSA) is 12.9 Å². The predicted octanol–water partition coefficient (Wildman–Crippen LogP) is 3.26. The molecule has 2 rings (SSSR count). The Balaban J connectivity index is 2.45. The third-order valence-electron chi connectivity index (χ3n) is 1.49. The largest absolute Gasteiger partial charge is 0.225 e. The Morgan fingerprint density at radius 2 is 2.08 bits per heavy atom. The predicted molar refractivity (Wildman–Crippen MR) is 51.4 cm³/mol. The summed E-state index contributed by atoms with van der Waals surface area (Å²) in [6.07, 6.45) is 0. The number of hydrogen-bond acceptors (Lipinski definition) is 2. The molecule has 1 aromatic heterocycles. The van der Waals surface area contributed by atoms with E-state index in [4.69, 9.17) is 11.6 Å². The first-order valence-electron chi connectivity index (χ1n) is 3.44. The van der Waals surface area contributed by atoms with Gasteiger partial charge >= 0.3 is 0 Å². The zero-order chi connectivity index (χ0) is 8.39. The Labute approximate surface area is 79.7 Å². The Bertz CT molecular complexity index is 369. The van der Waals surface area contributed by atoms with E-state index in [-0.39, 0.29) is 0 Å². The number of halogens is 1. The van der Waals surface area contributed by atoms with Gasteiger partial charge < -0.3 is 0 Å². The van der Waals surface area contributed by atoms with Crippen LogP contribution in [0.25, 0.3) is 11.3 Å². The molecule has 0 amide bonds. The second-order valence-corrected chi connectivity index (χ2v) is 3.71. The van der Waals surface area contributed by atoms with Gasteiger partial charge in [-0.3, -0.25) is 0 Å². The molecule has 3 heteroatoms. The average Bonchev–Trinajstić information content (AvgIpc) is 2.54. The first-order chi connectivity index (χ1) is 5.86. The maximum atomic E-state index is 5.71. The molecule has 0 bridgehead atoms. The van der Waals surface area contributed by atoms with E-state index in [9.17, 15) is 0 Å². The average molecular weight is 195 g/mol. The van der Waals surface area contributed by atoms with Gasteiger partial charge in [-0.2, -0.15) is 0 Å². The molecule has 1 aromatic carbocycles. The van der Waals surface area contributed by atoms with Crippen LogP contribution in [-0.4, -0.2) is 4.98 Å². The molecule has 12 heavy (non-hydrogen) atoms. The molecule has 0 N–H and O–H groups in total. The maximum absolute atomic E-state index is 5.71. The molecule has 0 aliphatic rings. The zero-order valence-corrected chi connectivity index (χ0v) is 7.69. The normalized spacial score (nSPS) is 10.1. The van der Waals surface area contributed by atoms with Crippen molar-refractivity contribution in [2.75, 3.05) is 0 Å². The molecule has 0 unspecified atom stereocenters. The van der Waals surface area contributed by atoms with Crippen LogP contribution < -0.4 is 0 Å². The third kappa shape index (κ3) is 1.49. The number of rotatable bonds is 1. The van der Waals surface area contributed by atoms with Gasteiger partial charge in [0.05, 0.1) is 5.69 Å². The molecule has 0 aliphatic carbocycles. The minimum atomic E-state index is 0.581. The van der Waals surface area contributed by atoms with Crippen LogP contribution in [0.1, 0.15) is 0 Å². The standard InChI is InChI=1S/C9H5ClNS/c10-9-11-8(6-12-9)7-4-2-1-3-5-7/h2-6H. The van der Waals surface area contributed by atoms with Crippen molar-refractivity contribution in [3.63, 3.8) is 0 Å². The summed E-state index contributed by atoms with van der Waals surface area (Å²) in [7, 11) is 0. The highest BCUT2D eigenvalue weighted by atomic mass is 35.5. The van der Waals surface area contributed by atoms with E-state index >= 15 is 0 Å². The monoisotopic (exact) mass is 194 g/mol. The van der Waals surface area contributed by atoms with E-state index < -0.39 is 0 Å². The van der Waals surface area contributed by atoms with Gasteiger partial charge in [0, 0.05) is 10.9 Å². The van der Waals surface area contributed by atoms with E-state index in [1.807, 2.05) is 29.6 Å². The van der Waals surface area contributed by atoms with Crippen LogP contribution in [0.15, 0.2) is 29.6 Å². The van der Waals surface area contributed by atoms with Gasteiger partial charge in [-0.15, -0.1) is 11.3 Å². The highest BCUT2D eigenvalue weighted by Gasteiger charge is 2.00. The Morgan fingerprint density at radius 1 is 1.33 bits per heavy atom. The van der Waals surface area contributed by atoms with Crippen LogP contribution in [0.3, 0.4) is 0 Å². The van der Waals surface area contributed by atoms with Gasteiger partial charge in [-0.1, -0.05) is 35.9 Å². The molecule has 1 heterocycles. The lowest BCUT2D eigenvalue weighted by Gasteiger charge is -1.92. The van der Waals surface area contributed by atoms with Crippen LogP contribution in [0, 0.1) is 6.07 Å². The number of aromatic nitrogens is 1. The van der Waals surface area contributed by atoms with Gasteiger partial charge in [0.2, 0.25) is 0 Å². The Kier molecular flexibility index (Phi) is 2.11. The highest BCUT2D eigenvalue weighted by Crippen LogP contribution is 2.23. The van der Waals surface area contributed by atoms with Gasteiger partial charge in [0.1, 0.15) is 0 Å². The van der Waals surface area contributed by atoms with E-state index in [1.165, 1.54) is 11.3 Å². The molecule has 0 saturated carbocycles. The Morgan fingerprint density at radius 3 is 2.67 bits per heavy atom. The number of nitrogens with zero attached hydrogens (tertiary/aromatic N) is 1. The summed E-state index contributed by atoms with van der Waals surface area (Å²) < 4.78 is 0.581. The van der Waals surface area contributed by atoms with Gasteiger partial charge in [0.25, 0.3) is 0 Å². The number of benzene rings is 1. The summed E-state index contributed by atoms with van der Waals surface area (Å²) in [5.41, 5.74) is 2.01. The van der Waals surface area contributed by atoms with Crippen LogP contribution in [-0.2, 0) is 0 Å². The molecule has 1 nitrogen and oxygen atoms in total. The molecule has 2 aromatic rings. The summed E-state index contributed by atoms with van der Waals surface area (Å²) in [5, 5.41) is 1.94. The summed E-state index contributed by atoms with van der Waals surface area (Å²) in [6.45, 7) is 0. The SMILES string of the molecule is Clc1nc(-c2cc[c]cc2)cs1. The molecule has 0 fully saturated rings. The summed E-state index contributed by atoms with van der Waals surface area (Å²) >= 11 is 7.15. The smallest absolute Gasteiger partial charge is 0.184 e. The second-order valence-electron chi connectivity index (χ2n) is 2.27. The molecule has 0 saturated heterocycles. The minimum absolute atomic E-state index is 0.581. The van der Waals surface area contributed by atoms with Crippen molar-refractivity contribution in [1.82, 2.24) is 4.98 Å². The molecular formula is C9H5ClNS. The van der Waals surface area contributed by atoms with E-state index in [0.717, 1.165) is 11.3 Å². The third-order valence-corrected chi connectivity index (χ3v) is 2.47. The van der Waals surface area contributed by atoms with Crippen LogP contribution in [0.4, 0.5) is 0 Å². The molecule has 59 valence electrons. The molecule has 0 aliphatic heterocycles. The lowest BCUT2D eigenvalue weighted by molar-refractivity contribution is 1.41. The van der Waals surface area contributed by atoms with Crippen LogP contribution >= 0.6 is 22.9 Å². The van der Waals surface area contributed by atoms with Crippen molar-refractivity contribution in [2.24, 2.45) is 0 Å². The van der Waals surface area contributed by atoms with Gasteiger partial charge in [0.15, 0.2) is 4.47 Å². The first kappa shape index (κ1) is 7.77. The van der Waals surface area contributed by atoms with Crippen LogP contribution in [0.5, 0.6) is 0 Å². The van der Waals surface area contributed by atoms with Crippen molar-refractivity contribution < 1.29 is 0 Å². The lowest BCUT2D eigenvalue weighted by atomic mass is 10.2. The fourth-order valence-electron chi connectivity index (χ4n) is 0.942. The quantitative estimate of drug-likeness (QED) is 0.679. The minimum Gasteiger partial charge on any atom is -0.225 e. The summed E-state index contributed by atoms with van der Waals surface area (Å²) in [6, 6.07) is 10.6. The second kappa shape index (κ2) is 3.25. The first-order valence-corrected chi connectivity index (χ1v) is 4.69. The van der Waals surface area contributed by atoms with Crippen molar-refractivity contribution >= 4 is 22.9 Å². The summed E-state index contributed by atoms with van der Waals surface area (Å²) in [5.74, 6) is 0. The summed E-state index contributed by atoms with van der Waals surface area (Å²) in [4.78, 5) is 4.15. The van der Waals surface area contributed by atoms with Gasteiger partial charge in [-0.05, 0) is 6.07 Å². The van der Waals surface area contributed by atoms with Crippen molar-refractivity contribution in [3.05, 3.63) is 40.2 Å². The fraction of sp³-hybridized carbons (Fsp3) is 0. The zero-order valence-electron chi connectivity index (χ0n) is 6.12. The molecule has 1 radical (unpaired) electrons. The number of thiazole rings is 1. The Hall–Kier alpha value is -0.860. The fourth-order valence-corrected chi connectivity index (χ4v) is 1.72. The van der Waals surface area contributed by atoms with E-state index in [2.05, 4.69) is 11.1 Å². The highest BCUT2D eigenvalue weighted by molar-refractivity contribution is 7.14. The van der Waals surface area contributed by atoms with Gasteiger partial charge in [-0.25, -0.2) is 4.98 Å². The van der Waals surface area contributed by atoms with Crippen molar-refractivity contribution in [1.29, 1.82) is 0 Å². The molecule has 0 atom stereocenters. The van der Waals surface area contributed by atoms with Crippen LogP contribution in [0.2, 0.25) is 4.47 Å². The van der Waals surface area contributed by atoms with E-state index in [0.29, 0.717) is 4.47 Å². The lowest BCUT2D eigenvalue weighted by Crippen LogP contribution is -1.74. The van der Waals surface area contributed by atoms with Crippen molar-refractivity contribution in [3.8, 4) is 11.3 Å². The number of hydrogen-bond donors (Lipinski definition) is 0. The van der Waals surface area contributed by atoms with Crippen molar-refractivity contribution in [2.45, 2.75) is 0 Å². The molecular weight excluding hydrogens is 190 g/mol. The molecule has 0 spiro atoms. The van der Waals surface area contributed by atoms with E-state index in [1.54, 1.807) is 0 Å².